The number of sulfonamides is 1. The van der Waals surface area contributed by atoms with Crippen LogP contribution in [0.15, 0.2) is 65.6 Å². The summed E-state index contributed by atoms with van der Waals surface area (Å²) in [7, 11) is -2.13. The Hall–Kier alpha value is -2.65. The molecule has 0 aliphatic rings. The molecule has 0 heterocycles. The van der Waals surface area contributed by atoms with Gasteiger partial charge in [0.15, 0.2) is 11.5 Å². The van der Waals surface area contributed by atoms with Crippen molar-refractivity contribution in [1.29, 1.82) is 0 Å². The highest BCUT2D eigenvalue weighted by molar-refractivity contribution is 7.89. The average molecular weight is 479 g/mol. The number of nitrogens with two attached hydrogens (primary N) is 1. The minimum atomic E-state index is -3.69. The SMILES string of the molecule is COc1cccc(CNCCc2ccc(S(N)(=O)=O)cc2)c1OCc1ccc(F)cc1Cl. The Morgan fingerprint density at radius 1 is 1.06 bits per heavy atom. The van der Waals surface area contributed by atoms with E-state index < -0.39 is 15.8 Å². The van der Waals surface area contributed by atoms with Gasteiger partial charge in [0, 0.05) is 17.7 Å². The summed E-state index contributed by atoms with van der Waals surface area (Å²) in [6.07, 6.45) is 0.705. The van der Waals surface area contributed by atoms with Crippen LogP contribution in [0.3, 0.4) is 0 Å². The lowest BCUT2D eigenvalue weighted by Crippen LogP contribution is -2.18. The Balaban J connectivity index is 1.61. The van der Waals surface area contributed by atoms with Crippen LogP contribution < -0.4 is 19.9 Å². The molecule has 0 unspecified atom stereocenters. The largest absolute Gasteiger partial charge is 0.493 e. The van der Waals surface area contributed by atoms with Crippen LogP contribution in [-0.2, 0) is 29.6 Å². The van der Waals surface area contributed by atoms with Gasteiger partial charge in [0.1, 0.15) is 12.4 Å². The van der Waals surface area contributed by atoms with E-state index in [1.807, 2.05) is 12.1 Å². The molecule has 0 atom stereocenters. The molecular weight excluding hydrogens is 455 g/mol. The van der Waals surface area contributed by atoms with Crippen LogP contribution in [0.1, 0.15) is 16.7 Å². The fourth-order valence-electron chi connectivity index (χ4n) is 3.12. The van der Waals surface area contributed by atoms with Crippen LogP contribution in [0.25, 0.3) is 0 Å². The van der Waals surface area contributed by atoms with Crippen LogP contribution in [-0.4, -0.2) is 22.1 Å². The number of hydrogen-bond donors (Lipinski definition) is 2. The van der Waals surface area contributed by atoms with Gasteiger partial charge in [0.05, 0.1) is 17.0 Å². The number of nitrogens with one attached hydrogen (secondary N) is 1. The molecule has 3 rings (SSSR count). The molecule has 0 saturated carbocycles. The van der Waals surface area contributed by atoms with Crippen LogP contribution in [0.5, 0.6) is 11.5 Å². The lowest BCUT2D eigenvalue weighted by molar-refractivity contribution is 0.280. The number of primary sulfonamides is 1. The molecule has 0 saturated heterocycles. The summed E-state index contributed by atoms with van der Waals surface area (Å²) in [5.41, 5.74) is 2.55. The number of hydrogen-bond acceptors (Lipinski definition) is 5. The molecule has 0 aliphatic carbocycles. The molecule has 3 N–H and O–H groups in total. The first-order valence-corrected chi connectivity index (χ1v) is 11.8. The lowest BCUT2D eigenvalue weighted by atomic mass is 10.1. The van der Waals surface area contributed by atoms with E-state index in [0.29, 0.717) is 41.6 Å². The van der Waals surface area contributed by atoms with Crippen LogP contribution >= 0.6 is 11.6 Å². The molecule has 0 fully saturated rings. The monoisotopic (exact) mass is 478 g/mol. The summed E-state index contributed by atoms with van der Waals surface area (Å²) >= 11 is 6.10. The molecule has 0 spiro atoms. The average Bonchev–Trinajstić information content (AvgIpc) is 2.76. The third-order valence-electron chi connectivity index (χ3n) is 4.83. The maximum absolute atomic E-state index is 13.3. The van der Waals surface area contributed by atoms with Gasteiger partial charge in [0.25, 0.3) is 0 Å². The summed E-state index contributed by atoms with van der Waals surface area (Å²) in [6.45, 7) is 1.36. The van der Waals surface area contributed by atoms with Gasteiger partial charge < -0.3 is 14.8 Å². The highest BCUT2D eigenvalue weighted by Crippen LogP contribution is 2.32. The van der Waals surface area contributed by atoms with E-state index in [2.05, 4.69) is 5.32 Å². The minimum absolute atomic E-state index is 0.0913. The number of benzene rings is 3. The Labute approximate surface area is 192 Å². The van der Waals surface area contributed by atoms with E-state index in [9.17, 15) is 12.8 Å². The first-order valence-electron chi connectivity index (χ1n) is 9.83. The summed E-state index contributed by atoms with van der Waals surface area (Å²) in [5, 5.41) is 8.77. The van der Waals surface area contributed by atoms with Crippen molar-refractivity contribution in [2.75, 3.05) is 13.7 Å². The van der Waals surface area contributed by atoms with Gasteiger partial charge in [-0.3, -0.25) is 0 Å². The quantitative estimate of drug-likeness (QED) is 0.429. The van der Waals surface area contributed by atoms with Crippen LogP contribution in [0.4, 0.5) is 4.39 Å². The molecule has 0 amide bonds. The van der Waals surface area contributed by atoms with E-state index >= 15 is 0 Å². The number of para-hydroxylation sites is 1. The zero-order chi connectivity index (χ0) is 23.1. The number of halogens is 2. The summed E-state index contributed by atoms with van der Waals surface area (Å²) in [6, 6.07) is 16.3. The fourth-order valence-corrected chi connectivity index (χ4v) is 3.85. The number of methoxy groups -OCH3 is 1. The van der Waals surface area contributed by atoms with Gasteiger partial charge in [-0.25, -0.2) is 17.9 Å². The van der Waals surface area contributed by atoms with Crippen molar-refractivity contribution < 1.29 is 22.3 Å². The highest BCUT2D eigenvalue weighted by atomic mass is 35.5. The van der Waals surface area contributed by atoms with Crippen LogP contribution in [0, 0.1) is 5.82 Å². The smallest absolute Gasteiger partial charge is 0.238 e. The molecule has 0 aromatic heterocycles. The number of ether oxygens (including phenoxy) is 2. The third-order valence-corrected chi connectivity index (χ3v) is 6.11. The molecule has 0 aliphatic heterocycles. The second kappa shape index (κ2) is 10.8. The molecule has 3 aromatic carbocycles. The topological polar surface area (TPSA) is 90.6 Å². The predicted molar refractivity (Wildman–Crippen MR) is 122 cm³/mol. The van der Waals surface area contributed by atoms with E-state index in [1.54, 1.807) is 31.4 Å². The molecule has 6 nitrogen and oxygen atoms in total. The zero-order valence-electron chi connectivity index (χ0n) is 17.5. The molecule has 9 heteroatoms. The molecule has 3 aromatic rings. The van der Waals surface area contributed by atoms with Crippen molar-refractivity contribution in [2.45, 2.75) is 24.5 Å². The van der Waals surface area contributed by atoms with Crippen molar-refractivity contribution in [1.82, 2.24) is 5.32 Å². The van der Waals surface area contributed by atoms with E-state index in [4.69, 9.17) is 26.2 Å². The van der Waals surface area contributed by atoms with Gasteiger partial charge >= 0.3 is 0 Å². The molecule has 0 radical (unpaired) electrons. The van der Waals surface area contributed by atoms with Crippen molar-refractivity contribution in [3.8, 4) is 11.5 Å². The van der Waals surface area contributed by atoms with E-state index in [0.717, 1.165) is 11.1 Å². The van der Waals surface area contributed by atoms with Gasteiger partial charge in [-0.15, -0.1) is 0 Å². The standard InChI is InChI=1S/C23H24ClFN2O4S/c1-30-22-4-2-3-17(23(22)31-15-18-7-8-19(25)13-21(18)24)14-27-12-11-16-5-9-20(10-6-16)32(26,28)29/h2-10,13,27H,11-12,14-15H2,1H3,(H2,26,28,29). The minimum Gasteiger partial charge on any atom is -0.493 e. The normalized spacial score (nSPS) is 11.4. The Morgan fingerprint density at radius 3 is 2.47 bits per heavy atom. The first-order chi connectivity index (χ1) is 15.3. The third kappa shape index (κ3) is 6.43. The lowest BCUT2D eigenvalue weighted by Gasteiger charge is -2.16. The summed E-state index contributed by atoms with van der Waals surface area (Å²) < 4.78 is 47.4. The Morgan fingerprint density at radius 2 is 1.81 bits per heavy atom. The van der Waals surface area contributed by atoms with Crippen molar-refractivity contribution in [3.05, 3.63) is 88.2 Å². The zero-order valence-corrected chi connectivity index (χ0v) is 19.0. The van der Waals surface area contributed by atoms with E-state index in [-0.39, 0.29) is 11.5 Å². The van der Waals surface area contributed by atoms with Crippen molar-refractivity contribution >= 4 is 21.6 Å². The second-order valence-corrected chi connectivity index (χ2v) is 9.06. The highest BCUT2D eigenvalue weighted by Gasteiger charge is 2.12. The summed E-state index contributed by atoms with van der Waals surface area (Å²) in [4.78, 5) is 0.0913. The fraction of sp³-hybridized carbons (Fsp3) is 0.217. The maximum Gasteiger partial charge on any atom is 0.238 e. The van der Waals surface area contributed by atoms with Gasteiger partial charge in [-0.2, -0.15) is 0 Å². The van der Waals surface area contributed by atoms with Crippen molar-refractivity contribution in [3.63, 3.8) is 0 Å². The van der Waals surface area contributed by atoms with E-state index in [1.165, 1.54) is 24.3 Å². The second-order valence-electron chi connectivity index (χ2n) is 7.09. The Bertz CT molecular complexity index is 1170. The van der Waals surface area contributed by atoms with Crippen LogP contribution in [0.2, 0.25) is 5.02 Å². The summed E-state index contributed by atoms with van der Waals surface area (Å²) in [5.74, 6) is 0.765. The van der Waals surface area contributed by atoms with Gasteiger partial charge in [-0.05, 0) is 48.9 Å². The molecule has 0 bridgehead atoms. The number of rotatable bonds is 10. The van der Waals surface area contributed by atoms with Gasteiger partial charge in [0.2, 0.25) is 10.0 Å². The van der Waals surface area contributed by atoms with Gasteiger partial charge in [-0.1, -0.05) is 41.9 Å². The van der Waals surface area contributed by atoms with Crippen molar-refractivity contribution in [2.24, 2.45) is 5.14 Å². The maximum atomic E-state index is 13.3. The first kappa shape index (κ1) is 24.0. The molecule has 32 heavy (non-hydrogen) atoms. The molecular formula is C23H24ClFN2O4S. The predicted octanol–water partition coefficient (Wildman–Crippen LogP) is 4.05. The molecule has 170 valence electrons. The Kier molecular flexibility index (Phi) is 8.09.